The highest BCUT2D eigenvalue weighted by atomic mass is 15.1. The summed E-state index contributed by atoms with van der Waals surface area (Å²) in [7, 11) is 0. The molecule has 0 aromatic carbocycles. The van der Waals surface area contributed by atoms with E-state index in [4.69, 9.17) is 0 Å². The molecule has 0 fully saturated rings. The van der Waals surface area contributed by atoms with Crippen LogP contribution in [0.15, 0.2) is 24.5 Å². The van der Waals surface area contributed by atoms with Gasteiger partial charge in [0.15, 0.2) is 0 Å². The molecule has 2 aromatic heterocycles. The van der Waals surface area contributed by atoms with Crippen molar-refractivity contribution >= 4 is 11.0 Å². The summed E-state index contributed by atoms with van der Waals surface area (Å²) in [4.78, 5) is 4.05. The summed E-state index contributed by atoms with van der Waals surface area (Å²) in [6, 6.07) is 3.82. The molecule has 0 radical (unpaired) electrons. The molecule has 4 nitrogen and oxygen atoms in total. The number of H-pyrrole nitrogens is 1. The quantitative estimate of drug-likeness (QED) is 0.569. The monoisotopic (exact) mass is 136 g/mol. The van der Waals surface area contributed by atoms with E-state index in [-0.39, 0.29) is 6.15 Å². The highest BCUT2D eigenvalue weighted by Gasteiger charge is 1.89. The lowest BCUT2D eigenvalue weighted by Gasteiger charge is -1.80. The fourth-order valence-corrected chi connectivity index (χ4v) is 0.778. The van der Waals surface area contributed by atoms with E-state index in [0.717, 1.165) is 11.0 Å². The second-order valence-corrected chi connectivity index (χ2v) is 1.81. The van der Waals surface area contributed by atoms with E-state index < -0.39 is 0 Å². The van der Waals surface area contributed by atoms with E-state index in [0.29, 0.717) is 0 Å². The third-order valence-corrected chi connectivity index (χ3v) is 1.21. The fourth-order valence-electron chi connectivity index (χ4n) is 0.778. The number of nitrogens with one attached hydrogen (secondary N) is 1. The molecule has 0 aliphatic heterocycles. The molecule has 0 saturated carbocycles. The third-order valence-electron chi connectivity index (χ3n) is 1.21. The Balaban J connectivity index is 0.000000500. The van der Waals surface area contributed by atoms with Crippen LogP contribution >= 0.6 is 0 Å². The summed E-state index contributed by atoms with van der Waals surface area (Å²) < 4.78 is 0. The Morgan fingerprint density at radius 3 is 3.10 bits per heavy atom. The summed E-state index contributed by atoms with van der Waals surface area (Å²) in [5.74, 6) is 0. The van der Waals surface area contributed by atoms with E-state index in [1.807, 2.05) is 12.1 Å². The van der Waals surface area contributed by atoms with Crippen molar-refractivity contribution in [2.24, 2.45) is 0 Å². The maximum absolute atomic E-state index is 4.05. The molecule has 0 unspecified atom stereocenters. The van der Waals surface area contributed by atoms with Crippen LogP contribution in [0.4, 0.5) is 0 Å². The molecule has 0 aliphatic carbocycles. The smallest absolute Gasteiger partial charge is 0.108 e. The number of hydrogen-bond donors (Lipinski definition) is 2. The SMILES string of the molecule is N.c1cnc2cn[nH]c2c1. The molecule has 4 heteroatoms. The molecule has 10 heavy (non-hydrogen) atoms. The molecule has 0 bridgehead atoms. The lowest BCUT2D eigenvalue weighted by Crippen LogP contribution is -1.69. The first-order valence-corrected chi connectivity index (χ1v) is 2.71. The van der Waals surface area contributed by atoms with E-state index in [2.05, 4.69) is 15.2 Å². The lowest BCUT2D eigenvalue weighted by atomic mass is 10.4. The van der Waals surface area contributed by atoms with Gasteiger partial charge in [0, 0.05) is 6.20 Å². The van der Waals surface area contributed by atoms with Gasteiger partial charge in [-0.25, -0.2) is 0 Å². The number of pyridine rings is 1. The standard InChI is InChI=1S/C6H5N3.H3N/c1-2-5-6(7-3-1)4-8-9-5;/h1-4H,(H,8,9);1H3. The first kappa shape index (κ1) is 6.70. The van der Waals surface area contributed by atoms with Crippen LogP contribution in [0.1, 0.15) is 0 Å². The van der Waals surface area contributed by atoms with Crippen molar-refractivity contribution in [1.82, 2.24) is 21.3 Å². The number of aromatic amines is 1. The van der Waals surface area contributed by atoms with Crippen molar-refractivity contribution in [2.75, 3.05) is 0 Å². The largest absolute Gasteiger partial charge is 0.344 e. The van der Waals surface area contributed by atoms with Crippen molar-refractivity contribution in [3.63, 3.8) is 0 Å². The summed E-state index contributed by atoms with van der Waals surface area (Å²) in [5.41, 5.74) is 1.90. The van der Waals surface area contributed by atoms with Gasteiger partial charge in [0.2, 0.25) is 0 Å². The van der Waals surface area contributed by atoms with Crippen LogP contribution in [0.25, 0.3) is 11.0 Å². The molecular weight excluding hydrogens is 128 g/mol. The lowest BCUT2D eigenvalue weighted by molar-refractivity contribution is 1.12. The number of rotatable bonds is 0. The molecule has 2 aromatic rings. The number of nitrogens with zero attached hydrogens (tertiary/aromatic N) is 2. The normalized spacial score (nSPS) is 9.20. The highest BCUT2D eigenvalue weighted by molar-refractivity contribution is 5.72. The van der Waals surface area contributed by atoms with Crippen LogP contribution in [-0.4, -0.2) is 15.2 Å². The van der Waals surface area contributed by atoms with E-state index in [9.17, 15) is 0 Å². The maximum atomic E-state index is 4.05. The second-order valence-electron chi connectivity index (χ2n) is 1.81. The van der Waals surface area contributed by atoms with Crippen molar-refractivity contribution in [3.8, 4) is 0 Å². The Morgan fingerprint density at radius 1 is 1.40 bits per heavy atom. The Bertz CT molecular complexity index is 284. The molecule has 2 heterocycles. The summed E-state index contributed by atoms with van der Waals surface area (Å²) >= 11 is 0. The highest BCUT2D eigenvalue weighted by Crippen LogP contribution is 2.02. The maximum Gasteiger partial charge on any atom is 0.108 e. The van der Waals surface area contributed by atoms with Gasteiger partial charge in [-0.1, -0.05) is 0 Å². The summed E-state index contributed by atoms with van der Waals surface area (Å²) in [5, 5.41) is 6.62. The Labute approximate surface area is 57.9 Å². The first-order valence-electron chi connectivity index (χ1n) is 2.71. The van der Waals surface area contributed by atoms with Gasteiger partial charge >= 0.3 is 0 Å². The van der Waals surface area contributed by atoms with Crippen LogP contribution in [0.5, 0.6) is 0 Å². The fraction of sp³-hybridized carbons (Fsp3) is 0. The summed E-state index contributed by atoms with van der Waals surface area (Å²) in [6.45, 7) is 0. The van der Waals surface area contributed by atoms with Crippen LogP contribution in [0.2, 0.25) is 0 Å². The predicted octanol–water partition coefficient (Wildman–Crippen LogP) is 1.12. The minimum absolute atomic E-state index is 0. The zero-order valence-electron chi connectivity index (χ0n) is 5.41. The molecule has 52 valence electrons. The van der Waals surface area contributed by atoms with Gasteiger partial charge < -0.3 is 6.15 Å². The van der Waals surface area contributed by atoms with Gasteiger partial charge in [-0.3, -0.25) is 10.1 Å². The van der Waals surface area contributed by atoms with E-state index in [1.165, 1.54) is 0 Å². The molecule has 4 N–H and O–H groups in total. The molecule has 2 rings (SSSR count). The van der Waals surface area contributed by atoms with Crippen LogP contribution < -0.4 is 6.15 Å². The van der Waals surface area contributed by atoms with Crippen molar-refractivity contribution in [3.05, 3.63) is 24.5 Å². The van der Waals surface area contributed by atoms with E-state index in [1.54, 1.807) is 12.4 Å². The number of hydrogen-bond acceptors (Lipinski definition) is 3. The van der Waals surface area contributed by atoms with Gasteiger partial charge in [-0.15, -0.1) is 0 Å². The van der Waals surface area contributed by atoms with Crippen LogP contribution in [0, 0.1) is 0 Å². The van der Waals surface area contributed by atoms with Gasteiger partial charge in [-0.05, 0) is 12.1 Å². The minimum Gasteiger partial charge on any atom is -0.344 e. The van der Waals surface area contributed by atoms with Gasteiger partial charge in [0.05, 0.1) is 11.7 Å². The zero-order valence-corrected chi connectivity index (χ0v) is 5.41. The van der Waals surface area contributed by atoms with Crippen LogP contribution in [0.3, 0.4) is 0 Å². The molecule has 0 atom stereocenters. The molecule has 0 saturated heterocycles. The van der Waals surface area contributed by atoms with Gasteiger partial charge in [0.1, 0.15) is 5.52 Å². The van der Waals surface area contributed by atoms with Crippen molar-refractivity contribution < 1.29 is 0 Å². The van der Waals surface area contributed by atoms with Crippen LogP contribution in [-0.2, 0) is 0 Å². The first-order chi connectivity index (χ1) is 4.47. The average Bonchev–Trinajstić information content (AvgIpc) is 2.33. The Kier molecular flexibility index (Phi) is 1.64. The zero-order chi connectivity index (χ0) is 6.10. The van der Waals surface area contributed by atoms with Gasteiger partial charge in [-0.2, -0.15) is 5.10 Å². The molecular formula is C6H8N4. The number of aromatic nitrogens is 3. The number of fused-ring (bicyclic) bond motifs is 1. The Hall–Kier alpha value is -1.42. The minimum atomic E-state index is 0. The topological polar surface area (TPSA) is 76.6 Å². The molecule has 0 spiro atoms. The third kappa shape index (κ3) is 0.844. The van der Waals surface area contributed by atoms with Crippen molar-refractivity contribution in [2.45, 2.75) is 0 Å². The Morgan fingerprint density at radius 2 is 2.30 bits per heavy atom. The predicted molar refractivity (Wildman–Crippen MR) is 38.9 cm³/mol. The van der Waals surface area contributed by atoms with Gasteiger partial charge in [0.25, 0.3) is 0 Å². The average molecular weight is 136 g/mol. The second kappa shape index (κ2) is 2.45. The van der Waals surface area contributed by atoms with Crippen molar-refractivity contribution in [1.29, 1.82) is 0 Å². The summed E-state index contributed by atoms with van der Waals surface area (Å²) in [6.07, 6.45) is 3.45. The van der Waals surface area contributed by atoms with E-state index >= 15 is 0 Å². The molecule has 0 aliphatic rings. The molecule has 0 amide bonds.